The van der Waals surface area contributed by atoms with Crippen molar-refractivity contribution in [2.45, 2.75) is 32.4 Å². The summed E-state index contributed by atoms with van der Waals surface area (Å²) in [6.07, 6.45) is 5.99. The Kier molecular flexibility index (Phi) is 5.43. The number of hydrogen-bond acceptors (Lipinski definition) is 1. The molecule has 114 valence electrons. The molecule has 0 aliphatic heterocycles. The quantitative estimate of drug-likeness (QED) is 0.720. The minimum Gasteiger partial charge on any atom is -0.457 e. The second-order valence-corrected chi connectivity index (χ2v) is 6.01. The second-order valence-electron chi connectivity index (χ2n) is 5.17. The molecule has 5 heteroatoms. The van der Waals surface area contributed by atoms with Gasteiger partial charge in [-0.1, -0.05) is 36.5 Å². The van der Waals surface area contributed by atoms with Crippen LogP contribution in [0.2, 0.25) is 10.0 Å². The van der Waals surface area contributed by atoms with Gasteiger partial charge in [0.05, 0.1) is 10.6 Å². The molecule has 1 amide bonds. The minimum absolute atomic E-state index is 0.0698. The molecule has 1 aromatic heterocycles. The molecule has 0 spiro atoms. The van der Waals surface area contributed by atoms with Gasteiger partial charge in [-0.3, -0.25) is 4.79 Å². The van der Waals surface area contributed by atoms with Gasteiger partial charge in [0.15, 0.2) is 0 Å². The number of carbonyl (C=O) groups excluding carboxylic acids is 1. The third-order valence-corrected chi connectivity index (χ3v) is 4.18. The first-order valence-electron chi connectivity index (χ1n) is 7.02. The van der Waals surface area contributed by atoms with Gasteiger partial charge in [-0.2, -0.15) is 0 Å². The Labute approximate surface area is 135 Å². The summed E-state index contributed by atoms with van der Waals surface area (Å²) in [7, 11) is 1.83. The molecule has 2 aromatic rings. The van der Waals surface area contributed by atoms with Crippen molar-refractivity contribution in [3.63, 3.8) is 0 Å². The topological polar surface area (TPSA) is 25.2 Å². The van der Waals surface area contributed by atoms with Crippen LogP contribution in [-0.2, 0) is 6.54 Å². The van der Waals surface area contributed by atoms with E-state index in [-0.39, 0.29) is 11.9 Å². The Morgan fingerprint density at radius 1 is 1.43 bits per heavy atom. The lowest BCUT2D eigenvalue weighted by molar-refractivity contribution is 0.0706. The van der Waals surface area contributed by atoms with Crippen LogP contribution in [0.1, 0.15) is 30.1 Å². The molecule has 0 bridgehead atoms. The highest BCUT2D eigenvalue weighted by molar-refractivity contribution is 6.36. The Morgan fingerprint density at radius 2 is 2.14 bits per heavy atom. The standard InChI is InChI=1S/C16H19Cl2N2O/c1-3-5-13(11-20-8-4-9-20)19(2)16(21)14-7-6-12(17)10-15(14)18/h4,6-10,13H,3,5,11H2,1-2H3/q-1/t13-/m0/s1. The lowest BCUT2D eigenvalue weighted by Gasteiger charge is -2.31. The van der Waals surface area contributed by atoms with Crippen LogP contribution < -0.4 is 0 Å². The number of amides is 1. The minimum atomic E-state index is -0.0698. The van der Waals surface area contributed by atoms with Crippen LogP contribution in [0.3, 0.4) is 0 Å². The average molecular weight is 326 g/mol. The largest absolute Gasteiger partial charge is 0.457 e. The lowest BCUT2D eigenvalue weighted by Crippen LogP contribution is -2.40. The molecule has 1 atom stereocenters. The zero-order valence-electron chi connectivity index (χ0n) is 12.2. The van der Waals surface area contributed by atoms with E-state index in [1.54, 1.807) is 23.1 Å². The molecule has 0 saturated carbocycles. The summed E-state index contributed by atoms with van der Waals surface area (Å²) in [6.45, 7) is 2.92. The van der Waals surface area contributed by atoms with Gasteiger partial charge in [0.2, 0.25) is 0 Å². The van der Waals surface area contributed by atoms with Crippen LogP contribution in [0, 0.1) is 0 Å². The summed E-state index contributed by atoms with van der Waals surface area (Å²) in [5.74, 6) is -0.0698. The lowest BCUT2D eigenvalue weighted by atomic mass is 10.1. The van der Waals surface area contributed by atoms with E-state index in [0.29, 0.717) is 15.6 Å². The number of hydrogen-bond donors (Lipinski definition) is 0. The number of likely N-dealkylation sites (N-methyl/N-ethyl adjacent to an activating group) is 1. The number of benzene rings is 1. The Morgan fingerprint density at radius 3 is 2.67 bits per heavy atom. The van der Waals surface area contributed by atoms with Crippen LogP contribution >= 0.6 is 23.2 Å². The first kappa shape index (κ1) is 16.1. The van der Waals surface area contributed by atoms with Crippen LogP contribution in [-0.4, -0.2) is 28.5 Å². The molecule has 0 aliphatic rings. The summed E-state index contributed by atoms with van der Waals surface area (Å²) < 4.78 is 2.09. The van der Waals surface area contributed by atoms with Gasteiger partial charge in [-0.25, -0.2) is 0 Å². The maximum absolute atomic E-state index is 12.6. The van der Waals surface area contributed by atoms with Crippen molar-refractivity contribution in [3.05, 3.63) is 52.3 Å². The highest BCUT2D eigenvalue weighted by Crippen LogP contribution is 2.23. The Hall–Kier alpha value is -1.32. The number of aromatic nitrogens is 1. The van der Waals surface area contributed by atoms with E-state index in [1.165, 1.54) is 0 Å². The van der Waals surface area contributed by atoms with Crippen LogP contribution in [0.4, 0.5) is 0 Å². The van der Waals surface area contributed by atoms with E-state index in [2.05, 4.69) is 11.5 Å². The third kappa shape index (κ3) is 3.86. The van der Waals surface area contributed by atoms with Crippen LogP contribution in [0.25, 0.3) is 0 Å². The van der Waals surface area contributed by atoms with Gasteiger partial charge in [-0.05, 0) is 24.6 Å². The fraction of sp³-hybridized carbons (Fsp3) is 0.375. The Bertz CT molecular complexity index is 594. The average Bonchev–Trinajstić information content (AvgIpc) is 2.40. The zero-order valence-corrected chi connectivity index (χ0v) is 13.7. The van der Waals surface area contributed by atoms with E-state index < -0.39 is 0 Å². The second kappa shape index (κ2) is 7.10. The molecule has 1 aromatic carbocycles. The summed E-state index contributed by atoms with van der Waals surface area (Å²) in [6, 6.07) is 7.11. The first-order valence-corrected chi connectivity index (χ1v) is 7.78. The fourth-order valence-electron chi connectivity index (χ4n) is 2.33. The van der Waals surface area contributed by atoms with Gasteiger partial charge in [0.25, 0.3) is 5.91 Å². The summed E-state index contributed by atoms with van der Waals surface area (Å²) in [4.78, 5) is 14.4. The first-order chi connectivity index (χ1) is 10.0. The van der Waals surface area contributed by atoms with Crippen LogP contribution in [0.15, 0.2) is 36.7 Å². The Balaban J connectivity index is 2.15. The van der Waals surface area contributed by atoms with E-state index in [4.69, 9.17) is 23.2 Å². The summed E-state index contributed by atoms with van der Waals surface area (Å²) >= 11 is 12.0. The van der Waals surface area contributed by atoms with Crippen molar-refractivity contribution in [3.8, 4) is 0 Å². The number of carbonyl (C=O) groups is 1. The predicted molar refractivity (Wildman–Crippen MR) is 87.3 cm³/mol. The number of halogens is 2. The maximum Gasteiger partial charge on any atom is 0.255 e. The van der Waals surface area contributed by atoms with Gasteiger partial charge >= 0.3 is 0 Å². The van der Waals surface area contributed by atoms with Crippen molar-refractivity contribution in [1.29, 1.82) is 0 Å². The molecule has 3 nitrogen and oxygen atoms in total. The van der Waals surface area contributed by atoms with Crippen LogP contribution in [0.5, 0.6) is 0 Å². The highest BCUT2D eigenvalue weighted by atomic mass is 35.5. The van der Waals surface area contributed by atoms with Crippen molar-refractivity contribution in [2.75, 3.05) is 7.05 Å². The summed E-state index contributed by atoms with van der Waals surface area (Å²) in [5, 5.41) is 0.926. The van der Waals surface area contributed by atoms with Gasteiger partial charge in [0, 0.05) is 24.7 Å². The smallest absolute Gasteiger partial charge is 0.255 e. The fourth-order valence-corrected chi connectivity index (χ4v) is 2.82. The molecular weight excluding hydrogens is 307 g/mol. The molecular formula is C16H19Cl2N2O-. The highest BCUT2D eigenvalue weighted by Gasteiger charge is 2.22. The molecule has 0 fully saturated rings. The number of nitrogens with zero attached hydrogens (tertiary/aromatic N) is 2. The summed E-state index contributed by atoms with van der Waals surface area (Å²) in [5.41, 5.74) is 0.493. The van der Waals surface area contributed by atoms with E-state index in [1.807, 2.05) is 25.5 Å². The number of rotatable bonds is 6. The molecule has 0 unspecified atom stereocenters. The maximum atomic E-state index is 12.6. The van der Waals surface area contributed by atoms with Crippen molar-refractivity contribution in [2.24, 2.45) is 0 Å². The van der Waals surface area contributed by atoms with Crippen molar-refractivity contribution < 1.29 is 4.79 Å². The van der Waals surface area contributed by atoms with E-state index in [9.17, 15) is 4.79 Å². The van der Waals surface area contributed by atoms with Gasteiger partial charge < -0.3 is 9.47 Å². The monoisotopic (exact) mass is 325 g/mol. The molecule has 0 aliphatic carbocycles. The molecule has 21 heavy (non-hydrogen) atoms. The zero-order chi connectivity index (χ0) is 15.4. The van der Waals surface area contributed by atoms with Crippen molar-refractivity contribution in [1.82, 2.24) is 9.47 Å². The molecule has 1 heterocycles. The SMILES string of the molecule is CCC[C@@H](Cn1cc[cH-]1)N(C)C(=O)c1ccc(Cl)cc1Cl. The molecule has 0 radical (unpaired) electrons. The normalized spacial score (nSPS) is 12.4. The van der Waals surface area contributed by atoms with Crippen molar-refractivity contribution >= 4 is 29.1 Å². The van der Waals surface area contributed by atoms with Gasteiger partial charge in [-0.15, -0.1) is 18.5 Å². The molecule has 0 N–H and O–H groups in total. The predicted octanol–water partition coefficient (Wildman–Crippen LogP) is 4.45. The van der Waals surface area contributed by atoms with E-state index >= 15 is 0 Å². The van der Waals surface area contributed by atoms with E-state index in [0.717, 1.165) is 19.4 Å². The molecule has 0 saturated heterocycles. The molecule has 2 rings (SSSR count). The third-order valence-electron chi connectivity index (χ3n) is 3.63. The van der Waals surface area contributed by atoms with Gasteiger partial charge in [0.1, 0.15) is 0 Å².